The zero-order valence-electron chi connectivity index (χ0n) is 9.45. The predicted octanol–water partition coefficient (Wildman–Crippen LogP) is 1.74. The van der Waals surface area contributed by atoms with Crippen LogP contribution in [0.2, 0.25) is 0 Å². The van der Waals surface area contributed by atoms with Gasteiger partial charge in [0.05, 0.1) is 6.10 Å². The van der Waals surface area contributed by atoms with Crippen LogP contribution in [0.4, 0.5) is 0 Å². The average Bonchev–Trinajstić information content (AvgIpc) is 2.42. The molecule has 1 aliphatic heterocycles. The van der Waals surface area contributed by atoms with Crippen LogP contribution in [0.25, 0.3) is 0 Å². The third kappa shape index (κ3) is 2.29. The second kappa shape index (κ2) is 4.19. The number of hydrogen-bond acceptors (Lipinski definition) is 2. The first kappa shape index (κ1) is 10.4. The Bertz CT molecular complexity index is 187. The number of rotatable bonds is 3. The summed E-state index contributed by atoms with van der Waals surface area (Å²) in [5, 5.41) is 9.40. The maximum Gasteiger partial charge on any atom is 0.0679 e. The number of β-amino-alcohol motifs (C(OH)–C–C–N with tert-alkyl or cyclic N) is 1. The van der Waals surface area contributed by atoms with E-state index in [1.54, 1.807) is 0 Å². The lowest BCUT2D eigenvalue weighted by molar-refractivity contribution is 0.0966. The normalized spacial score (nSPS) is 39.0. The van der Waals surface area contributed by atoms with Gasteiger partial charge in [0, 0.05) is 19.6 Å². The Balaban J connectivity index is 1.64. The molecule has 0 aromatic heterocycles. The fraction of sp³-hybridized carbons (Fsp3) is 1.00. The van der Waals surface area contributed by atoms with E-state index in [0.29, 0.717) is 0 Å². The van der Waals surface area contributed by atoms with Gasteiger partial charge in [0.2, 0.25) is 0 Å². The van der Waals surface area contributed by atoms with Gasteiger partial charge in [-0.05, 0) is 37.0 Å². The van der Waals surface area contributed by atoms with Crippen LogP contribution < -0.4 is 0 Å². The van der Waals surface area contributed by atoms with Gasteiger partial charge in [0.15, 0.2) is 0 Å². The summed E-state index contributed by atoms with van der Waals surface area (Å²) in [6.07, 6.45) is 3.78. The minimum atomic E-state index is -0.0454. The first-order valence-electron chi connectivity index (χ1n) is 6.05. The van der Waals surface area contributed by atoms with Crippen LogP contribution in [-0.2, 0) is 0 Å². The molecule has 1 N–H and O–H groups in total. The standard InChI is InChI=1S/C12H23NO/c1-9(2)11-5-10(6-11)7-13-4-3-12(14)8-13/h9-12,14H,3-8H2,1-2H3/t10?,11?,12-/m0/s1. The summed E-state index contributed by atoms with van der Waals surface area (Å²) < 4.78 is 0. The highest BCUT2D eigenvalue weighted by Gasteiger charge is 2.33. The van der Waals surface area contributed by atoms with Crippen LogP contribution >= 0.6 is 0 Å². The van der Waals surface area contributed by atoms with Crippen LogP contribution in [-0.4, -0.2) is 35.7 Å². The molecule has 0 aromatic rings. The van der Waals surface area contributed by atoms with Crippen molar-refractivity contribution in [2.24, 2.45) is 17.8 Å². The minimum absolute atomic E-state index is 0.0454. The topological polar surface area (TPSA) is 23.5 Å². The molecule has 14 heavy (non-hydrogen) atoms. The zero-order valence-corrected chi connectivity index (χ0v) is 9.45. The van der Waals surface area contributed by atoms with E-state index < -0.39 is 0 Å². The first-order chi connectivity index (χ1) is 6.65. The Morgan fingerprint density at radius 1 is 1.36 bits per heavy atom. The SMILES string of the molecule is CC(C)C1CC(CN2CC[C@H](O)C2)C1. The largest absolute Gasteiger partial charge is 0.392 e. The third-order valence-corrected chi connectivity index (χ3v) is 3.98. The van der Waals surface area contributed by atoms with Crippen molar-refractivity contribution in [3.8, 4) is 0 Å². The molecule has 82 valence electrons. The van der Waals surface area contributed by atoms with Crippen LogP contribution in [0.1, 0.15) is 33.1 Å². The summed E-state index contributed by atoms with van der Waals surface area (Å²) in [5.74, 6) is 2.77. The molecular weight excluding hydrogens is 174 g/mol. The molecule has 1 heterocycles. The van der Waals surface area contributed by atoms with Gasteiger partial charge in [-0.1, -0.05) is 13.8 Å². The van der Waals surface area contributed by atoms with Crippen molar-refractivity contribution in [3.05, 3.63) is 0 Å². The van der Waals surface area contributed by atoms with Gasteiger partial charge >= 0.3 is 0 Å². The lowest BCUT2D eigenvalue weighted by Gasteiger charge is -2.40. The fourth-order valence-corrected chi connectivity index (χ4v) is 2.82. The Morgan fingerprint density at radius 2 is 2.07 bits per heavy atom. The molecule has 2 rings (SSSR count). The number of hydrogen-bond donors (Lipinski definition) is 1. The van der Waals surface area contributed by atoms with Crippen molar-refractivity contribution in [1.29, 1.82) is 0 Å². The van der Waals surface area contributed by atoms with Gasteiger partial charge in [-0.2, -0.15) is 0 Å². The highest BCUT2D eigenvalue weighted by Crippen LogP contribution is 2.39. The van der Waals surface area contributed by atoms with E-state index in [4.69, 9.17) is 0 Å². The highest BCUT2D eigenvalue weighted by atomic mass is 16.3. The third-order valence-electron chi connectivity index (χ3n) is 3.98. The van der Waals surface area contributed by atoms with Gasteiger partial charge in [0.1, 0.15) is 0 Å². The molecule has 0 amide bonds. The smallest absolute Gasteiger partial charge is 0.0679 e. The molecule has 0 radical (unpaired) electrons. The molecule has 1 aliphatic carbocycles. The van der Waals surface area contributed by atoms with E-state index in [1.807, 2.05) is 0 Å². The van der Waals surface area contributed by atoms with Gasteiger partial charge in [-0.3, -0.25) is 0 Å². The predicted molar refractivity (Wildman–Crippen MR) is 58.1 cm³/mol. The quantitative estimate of drug-likeness (QED) is 0.745. The highest BCUT2D eigenvalue weighted by molar-refractivity contribution is 4.85. The van der Waals surface area contributed by atoms with E-state index in [2.05, 4.69) is 18.7 Å². The van der Waals surface area contributed by atoms with E-state index >= 15 is 0 Å². The Morgan fingerprint density at radius 3 is 2.57 bits per heavy atom. The molecule has 2 heteroatoms. The van der Waals surface area contributed by atoms with Crippen molar-refractivity contribution >= 4 is 0 Å². The van der Waals surface area contributed by atoms with Crippen molar-refractivity contribution < 1.29 is 5.11 Å². The first-order valence-corrected chi connectivity index (χ1v) is 6.05. The van der Waals surface area contributed by atoms with Gasteiger partial charge in [-0.25, -0.2) is 0 Å². The number of nitrogens with zero attached hydrogens (tertiary/aromatic N) is 1. The van der Waals surface area contributed by atoms with Gasteiger partial charge in [0.25, 0.3) is 0 Å². The molecule has 1 atom stereocenters. The number of aliphatic hydroxyl groups is 1. The van der Waals surface area contributed by atoms with E-state index in [0.717, 1.165) is 37.3 Å². The molecule has 0 bridgehead atoms. The van der Waals surface area contributed by atoms with Gasteiger partial charge < -0.3 is 10.0 Å². The molecule has 1 saturated carbocycles. The van der Waals surface area contributed by atoms with Crippen LogP contribution in [0.5, 0.6) is 0 Å². The maximum absolute atomic E-state index is 9.40. The zero-order chi connectivity index (χ0) is 10.1. The fourth-order valence-electron chi connectivity index (χ4n) is 2.82. The van der Waals surface area contributed by atoms with E-state index in [-0.39, 0.29) is 6.10 Å². The molecular formula is C12H23NO. The molecule has 0 unspecified atom stereocenters. The average molecular weight is 197 g/mol. The summed E-state index contributed by atoms with van der Waals surface area (Å²) in [6.45, 7) is 7.94. The van der Waals surface area contributed by atoms with Gasteiger partial charge in [-0.15, -0.1) is 0 Å². The summed E-state index contributed by atoms with van der Waals surface area (Å²) in [6, 6.07) is 0. The summed E-state index contributed by atoms with van der Waals surface area (Å²) in [4.78, 5) is 2.44. The Hall–Kier alpha value is -0.0800. The second-order valence-corrected chi connectivity index (χ2v) is 5.54. The van der Waals surface area contributed by atoms with E-state index in [9.17, 15) is 5.11 Å². The Labute approximate surface area is 87.3 Å². The monoisotopic (exact) mass is 197 g/mol. The van der Waals surface area contributed by atoms with E-state index in [1.165, 1.54) is 19.4 Å². The molecule has 2 fully saturated rings. The summed E-state index contributed by atoms with van der Waals surface area (Å²) >= 11 is 0. The van der Waals surface area contributed by atoms with Crippen molar-refractivity contribution in [1.82, 2.24) is 4.90 Å². The number of likely N-dealkylation sites (tertiary alicyclic amines) is 1. The summed E-state index contributed by atoms with van der Waals surface area (Å²) in [5.41, 5.74) is 0. The lowest BCUT2D eigenvalue weighted by atomic mass is 9.69. The maximum atomic E-state index is 9.40. The summed E-state index contributed by atoms with van der Waals surface area (Å²) in [7, 11) is 0. The van der Waals surface area contributed by atoms with Crippen molar-refractivity contribution in [2.75, 3.05) is 19.6 Å². The molecule has 2 nitrogen and oxygen atoms in total. The van der Waals surface area contributed by atoms with Crippen LogP contribution in [0.3, 0.4) is 0 Å². The number of aliphatic hydroxyl groups excluding tert-OH is 1. The lowest BCUT2D eigenvalue weighted by Crippen LogP contribution is -2.37. The van der Waals surface area contributed by atoms with Crippen molar-refractivity contribution in [2.45, 2.75) is 39.2 Å². The van der Waals surface area contributed by atoms with Crippen LogP contribution in [0, 0.1) is 17.8 Å². The molecule has 1 saturated heterocycles. The Kier molecular flexibility index (Phi) is 3.13. The second-order valence-electron chi connectivity index (χ2n) is 5.54. The minimum Gasteiger partial charge on any atom is -0.392 e. The molecule has 2 aliphatic rings. The van der Waals surface area contributed by atoms with Crippen molar-refractivity contribution in [3.63, 3.8) is 0 Å². The van der Waals surface area contributed by atoms with Crippen LogP contribution in [0.15, 0.2) is 0 Å². The molecule has 0 spiro atoms. The molecule has 0 aromatic carbocycles.